The molecular weight excluding hydrogens is 382 g/mol. The van der Waals surface area contributed by atoms with E-state index in [0.29, 0.717) is 34.8 Å². The number of nitrogen functional groups attached to an aromatic ring is 1. The first-order valence-electron chi connectivity index (χ1n) is 9.23. The van der Waals surface area contributed by atoms with Crippen molar-refractivity contribution in [1.29, 1.82) is 0 Å². The molecule has 0 unspecified atom stereocenters. The molecule has 0 atom stereocenters. The van der Waals surface area contributed by atoms with Gasteiger partial charge in [0, 0.05) is 36.0 Å². The summed E-state index contributed by atoms with van der Waals surface area (Å²) in [6.45, 7) is 1.65. The Morgan fingerprint density at radius 3 is 2.23 bits per heavy atom. The molecule has 30 heavy (non-hydrogen) atoms. The molecule has 0 spiro atoms. The Hall–Kier alpha value is -4.13. The van der Waals surface area contributed by atoms with Crippen LogP contribution in [0.15, 0.2) is 72.8 Å². The highest BCUT2D eigenvalue weighted by atomic mass is 16.5. The van der Waals surface area contributed by atoms with Crippen LogP contribution >= 0.6 is 0 Å². The number of carbonyl (C=O) groups excluding carboxylic acids is 3. The van der Waals surface area contributed by atoms with Gasteiger partial charge >= 0.3 is 5.97 Å². The van der Waals surface area contributed by atoms with Gasteiger partial charge in [-0.3, -0.25) is 14.4 Å². The molecule has 2 amide bonds. The summed E-state index contributed by atoms with van der Waals surface area (Å²) < 4.78 is 5.00. The van der Waals surface area contributed by atoms with E-state index in [1.807, 2.05) is 12.1 Å². The van der Waals surface area contributed by atoms with Gasteiger partial charge in [0.05, 0.1) is 0 Å². The first-order valence-corrected chi connectivity index (χ1v) is 9.23. The fraction of sp³-hybridized carbons (Fsp3) is 0.0870. The van der Waals surface area contributed by atoms with Crippen LogP contribution in [0.1, 0.15) is 33.2 Å². The lowest BCUT2D eigenvalue weighted by Gasteiger charge is -2.09. The van der Waals surface area contributed by atoms with Crippen molar-refractivity contribution in [2.24, 2.45) is 0 Å². The summed E-state index contributed by atoms with van der Waals surface area (Å²) in [6, 6.07) is 20.2. The van der Waals surface area contributed by atoms with E-state index < -0.39 is 5.97 Å². The predicted octanol–water partition coefficient (Wildman–Crippen LogP) is 3.38. The summed E-state index contributed by atoms with van der Waals surface area (Å²) in [6.07, 6.45) is 0. The zero-order valence-corrected chi connectivity index (χ0v) is 16.3. The van der Waals surface area contributed by atoms with Crippen molar-refractivity contribution >= 4 is 29.2 Å². The predicted molar refractivity (Wildman–Crippen MR) is 114 cm³/mol. The number of nitrogens with one attached hydrogen (secondary N) is 2. The van der Waals surface area contributed by atoms with Gasteiger partial charge < -0.3 is 21.1 Å². The highest BCUT2D eigenvalue weighted by molar-refractivity contribution is 6.04. The minimum atomic E-state index is -0.452. The lowest BCUT2D eigenvalue weighted by Crippen LogP contribution is -2.22. The molecule has 3 rings (SSSR count). The van der Waals surface area contributed by atoms with E-state index in [1.165, 1.54) is 13.0 Å². The molecule has 0 radical (unpaired) electrons. The Morgan fingerprint density at radius 1 is 0.867 bits per heavy atom. The lowest BCUT2D eigenvalue weighted by molar-refractivity contribution is -0.131. The molecule has 4 N–H and O–H groups in total. The fourth-order valence-electron chi connectivity index (χ4n) is 2.69. The second-order valence-electron chi connectivity index (χ2n) is 6.58. The Labute approximate surface area is 173 Å². The van der Waals surface area contributed by atoms with E-state index in [-0.39, 0.29) is 11.8 Å². The van der Waals surface area contributed by atoms with Gasteiger partial charge in [0.2, 0.25) is 0 Å². The Kier molecular flexibility index (Phi) is 6.44. The molecule has 0 aliphatic carbocycles. The maximum atomic E-state index is 12.4. The zero-order chi connectivity index (χ0) is 21.5. The van der Waals surface area contributed by atoms with E-state index in [4.69, 9.17) is 10.5 Å². The molecule has 0 heterocycles. The van der Waals surface area contributed by atoms with Crippen LogP contribution in [-0.4, -0.2) is 17.8 Å². The Balaban J connectivity index is 1.56. The van der Waals surface area contributed by atoms with Gasteiger partial charge in [-0.15, -0.1) is 0 Å². The smallest absolute Gasteiger partial charge is 0.308 e. The van der Waals surface area contributed by atoms with Crippen molar-refractivity contribution in [2.45, 2.75) is 13.5 Å². The monoisotopic (exact) mass is 403 g/mol. The van der Waals surface area contributed by atoms with Crippen LogP contribution in [0.25, 0.3) is 0 Å². The van der Waals surface area contributed by atoms with Crippen molar-refractivity contribution in [2.75, 3.05) is 11.1 Å². The van der Waals surface area contributed by atoms with E-state index in [9.17, 15) is 14.4 Å². The van der Waals surface area contributed by atoms with E-state index in [2.05, 4.69) is 10.6 Å². The molecule has 0 aliphatic heterocycles. The number of amides is 2. The number of carbonyl (C=O) groups is 3. The van der Waals surface area contributed by atoms with Crippen LogP contribution in [0.5, 0.6) is 5.75 Å². The second-order valence-corrected chi connectivity index (χ2v) is 6.58. The highest BCUT2D eigenvalue weighted by Crippen LogP contribution is 2.16. The summed E-state index contributed by atoms with van der Waals surface area (Å²) in [5.41, 5.74) is 8.61. The van der Waals surface area contributed by atoms with Crippen LogP contribution < -0.4 is 21.1 Å². The second kappa shape index (κ2) is 9.38. The largest absolute Gasteiger partial charge is 0.427 e. The number of benzene rings is 3. The van der Waals surface area contributed by atoms with Gasteiger partial charge in [0.25, 0.3) is 11.8 Å². The number of hydrogen-bond donors (Lipinski definition) is 3. The molecule has 7 heteroatoms. The number of nitrogens with two attached hydrogens (primary N) is 1. The van der Waals surface area contributed by atoms with Crippen LogP contribution in [0.4, 0.5) is 11.4 Å². The summed E-state index contributed by atoms with van der Waals surface area (Å²) in [5, 5.41) is 5.62. The summed E-state index contributed by atoms with van der Waals surface area (Å²) in [4.78, 5) is 35.6. The zero-order valence-electron chi connectivity index (χ0n) is 16.3. The average Bonchev–Trinajstić information content (AvgIpc) is 2.73. The molecule has 0 aromatic heterocycles. The lowest BCUT2D eigenvalue weighted by atomic mass is 10.1. The van der Waals surface area contributed by atoms with E-state index >= 15 is 0 Å². The quantitative estimate of drug-likeness (QED) is 0.332. The third kappa shape index (κ3) is 5.68. The van der Waals surface area contributed by atoms with Gasteiger partial charge in [0.1, 0.15) is 5.75 Å². The fourth-order valence-corrected chi connectivity index (χ4v) is 2.69. The average molecular weight is 403 g/mol. The summed E-state index contributed by atoms with van der Waals surface area (Å²) in [5.74, 6) is -0.664. The molecule has 7 nitrogen and oxygen atoms in total. The normalized spacial score (nSPS) is 10.2. The Bertz CT molecular complexity index is 1060. The number of ether oxygens (including phenoxy) is 1. The summed E-state index contributed by atoms with van der Waals surface area (Å²) in [7, 11) is 0. The maximum absolute atomic E-state index is 12.4. The van der Waals surface area contributed by atoms with Crippen LogP contribution in [0.2, 0.25) is 0 Å². The van der Waals surface area contributed by atoms with Crippen molar-refractivity contribution in [1.82, 2.24) is 5.32 Å². The van der Waals surface area contributed by atoms with Crippen LogP contribution in [0.3, 0.4) is 0 Å². The van der Waals surface area contributed by atoms with Gasteiger partial charge in [-0.1, -0.05) is 18.2 Å². The first-order chi connectivity index (χ1) is 14.4. The van der Waals surface area contributed by atoms with Crippen LogP contribution in [0, 0.1) is 0 Å². The van der Waals surface area contributed by atoms with Crippen molar-refractivity contribution in [3.8, 4) is 5.75 Å². The summed E-state index contributed by atoms with van der Waals surface area (Å²) >= 11 is 0. The van der Waals surface area contributed by atoms with Crippen LogP contribution in [-0.2, 0) is 11.3 Å². The van der Waals surface area contributed by atoms with Crippen molar-refractivity contribution in [3.63, 3.8) is 0 Å². The minimum absolute atomic E-state index is 0.194. The number of esters is 1. The molecule has 3 aromatic carbocycles. The SMILES string of the molecule is CC(=O)Oc1cccc(C(=O)Nc2ccc(CNC(=O)c3ccc(N)cc3)cc2)c1. The molecule has 0 saturated carbocycles. The van der Waals surface area contributed by atoms with Gasteiger partial charge in [-0.2, -0.15) is 0 Å². The van der Waals surface area contributed by atoms with E-state index in [1.54, 1.807) is 54.6 Å². The number of rotatable bonds is 6. The molecule has 152 valence electrons. The minimum Gasteiger partial charge on any atom is -0.427 e. The topological polar surface area (TPSA) is 111 Å². The third-order valence-electron chi connectivity index (χ3n) is 4.20. The van der Waals surface area contributed by atoms with Gasteiger partial charge in [0.15, 0.2) is 0 Å². The van der Waals surface area contributed by atoms with E-state index in [0.717, 1.165) is 5.56 Å². The number of hydrogen-bond acceptors (Lipinski definition) is 5. The standard InChI is InChI=1S/C23H21N3O4/c1-15(27)30-21-4-2-3-18(13-21)23(29)26-20-11-5-16(6-12-20)14-25-22(28)17-7-9-19(24)10-8-17/h2-13H,14,24H2,1H3,(H,25,28)(H,26,29). The highest BCUT2D eigenvalue weighted by Gasteiger charge is 2.09. The maximum Gasteiger partial charge on any atom is 0.308 e. The molecule has 0 aliphatic rings. The molecule has 0 saturated heterocycles. The molecule has 0 fully saturated rings. The van der Waals surface area contributed by atoms with Gasteiger partial charge in [-0.25, -0.2) is 0 Å². The van der Waals surface area contributed by atoms with Crippen molar-refractivity contribution < 1.29 is 19.1 Å². The molecule has 0 bridgehead atoms. The van der Waals surface area contributed by atoms with Crippen molar-refractivity contribution in [3.05, 3.63) is 89.5 Å². The molecule has 3 aromatic rings. The number of anilines is 2. The Morgan fingerprint density at radius 2 is 1.57 bits per heavy atom. The third-order valence-corrected chi connectivity index (χ3v) is 4.20. The molecular formula is C23H21N3O4. The first kappa shape index (κ1) is 20.6. The van der Waals surface area contributed by atoms with Gasteiger partial charge in [-0.05, 0) is 60.2 Å².